The molecule has 3 heteroatoms. The molecule has 1 unspecified atom stereocenters. The number of halogens is 1. The van der Waals surface area contributed by atoms with Crippen molar-refractivity contribution in [3.8, 4) is 6.07 Å². The molecule has 1 aromatic rings. The van der Waals surface area contributed by atoms with Gasteiger partial charge in [0.15, 0.2) is 5.78 Å². The molecule has 0 aliphatic carbocycles. The molecule has 0 amide bonds. The van der Waals surface area contributed by atoms with E-state index in [0.717, 1.165) is 0 Å². The Morgan fingerprint density at radius 3 is 2.41 bits per heavy atom. The van der Waals surface area contributed by atoms with E-state index >= 15 is 0 Å². The van der Waals surface area contributed by atoms with Crippen LogP contribution in [0.4, 0.5) is 4.39 Å². The Labute approximate surface area is 101 Å². The van der Waals surface area contributed by atoms with Gasteiger partial charge in [0.1, 0.15) is 11.7 Å². The lowest BCUT2D eigenvalue weighted by molar-refractivity contribution is -0.123. The van der Waals surface area contributed by atoms with Crippen molar-refractivity contribution in [3.63, 3.8) is 0 Å². The van der Waals surface area contributed by atoms with Crippen LogP contribution in [0.1, 0.15) is 38.2 Å². The average molecular weight is 233 g/mol. The zero-order chi connectivity index (χ0) is 12.8. The van der Waals surface area contributed by atoms with Gasteiger partial charge in [0.05, 0.1) is 6.07 Å². The summed E-state index contributed by atoms with van der Waals surface area (Å²) in [5, 5.41) is 9.08. The predicted octanol–water partition coefficient (Wildman–Crippen LogP) is 3.44. The summed E-state index contributed by atoms with van der Waals surface area (Å²) < 4.78 is 13.6. The molecule has 0 aliphatic heterocycles. The minimum Gasteiger partial charge on any atom is -0.298 e. The van der Waals surface area contributed by atoms with E-state index in [1.807, 2.05) is 19.9 Å². The summed E-state index contributed by atoms with van der Waals surface area (Å²) in [7, 11) is 0. The Kier molecular flexibility index (Phi) is 4.84. The molecule has 0 bridgehead atoms. The highest BCUT2D eigenvalue weighted by Crippen LogP contribution is 2.25. The lowest BCUT2D eigenvalue weighted by Gasteiger charge is -2.15. The van der Waals surface area contributed by atoms with Gasteiger partial charge in [0, 0.05) is 11.5 Å². The summed E-state index contributed by atoms with van der Waals surface area (Å²) in [5.74, 6) is -1.82. The van der Waals surface area contributed by atoms with Crippen molar-refractivity contribution in [2.45, 2.75) is 32.6 Å². The first-order valence-corrected chi connectivity index (χ1v) is 5.83. The maximum absolute atomic E-state index is 13.6. The summed E-state index contributed by atoms with van der Waals surface area (Å²) in [5.41, 5.74) is 0.187. The van der Waals surface area contributed by atoms with Gasteiger partial charge in [-0.05, 0) is 18.9 Å². The second kappa shape index (κ2) is 6.15. The third kappa shape index (κ3) is 2.91. The van der Waals surface area contributed by atoms with Gasteiger partial charge in [-0.15, -0.1) is 0 Å². The molecule has 17 heavy (non-hydrogen) atoms. The van der Waals surface area contributed by atoms with Crippen LogP contribution in [0.2, 0.25) is 0 Å². The van der Waals surface area contributed by atoms with Crippen LogP contribution in [-0.2, 0) is 4.79 Å². The molecule has 0 spiro atoms. The van der Waals surface area contributed by atoms with Crippen LogP contribution in [-0.4, -0.2) is 5.78 Å². The molecule has 2 nitrogen and oxygen atoms in total. The highest BCUT2D eigenvalue weighted by Gasteiger charge is 2.27. The molecule has 0 fully saturated rings. The Bertz CT molecular complexity index is 432. The van der Waals surface area contributed by atoms with Gasteiger partial charge in [-0.1, -0.05) is 32.0 Å². The third-order valence-corrected chi connectivity index (χ3v) is 3.02. The normalized spacial score (nSPS) is 12.2. The minimum atomic E-state index is -0.985. The smallest absolute Gasteiger partial charge is 0.157 e. The minimum absolute atomic E-state index is 0.167. The fourth-order valence-corrected chi connectivity index (χ4v) is 1.92. The third-order valence-electron chi connectivity index (χ3n) is 3.02. The Morgan fingerprint density at radius 1 is 1.35 bits per heavy atom. The van der Waals surface area contributed by atoms with Gasteiger partial charge in [-0.2, -0.15) is 5.26 Å². The molecular formula is C14H16FNO. The van der Waals surface area contributed by atoms with Crippen molar-refractivity contribution < 1.29 is 9.18 Å². The summed E-state index contributed by atoms with van der Waals surface area (Å²) in [6.07, 6.45) is 1.37. The number of nitriles is 1. The van der Waals surface area contributed by atoms with Crippen molar-refractivity contribution in [1.29, 1.82) is 5.26 Å². The van der Waals surface area contributed by atoms with E-state index in [-0.39, 0.29) is 17.3 Å². The summed E-state index contributed by atoms with van der Waals surface area (Å²) in [6.45, 7) is 3.81. The van der Waals surface area contributed by atoms with Gasteiger partial charge >= 0.3 is 0 Å². The molecule has 1 rings (SSSR count). The molecule has 0 saturated carbocycles. The second-order valence-corrected chi connectivity index (χ2v) is 4.00. The molecule has 0 N–H and O–H groups in total. The largest absolute Gasteiger partial charge is 0.298 e. The van der Waals surface area contributed by atoms with Gasteiger partial charge in [-0.3, -0.25) is 4.79 Å². The maximum Gasteiger partial charge on any atom is 0.157 e. The summed E-state index contributed by atoms with van der Waals surface area (Å²) in [6, 6.07) is 7.89. The van der Waals surface area contributed by atoms with E-state index in [1.54, 1.807) is 12.1 Å². The van der Waals surface area contributed by atoms with Crippen molar-refractivity contribution in [2.24, 2.45) is 5.92 Å². The van der Waals surface area contributed by atoms with Crippen molar-refractivity contribution in [3.05, 3.63) is 35.6 Å². The van der Waals surface area contributed by atoms with Gasteiger partial charge in [0.25, 0.3) is 0 Å². The fraction of sp³-hybridized carbons (Fsp3) is 0.429. The molecular weight excluding hydrogens is 217 g/mol. The molecule has 90 valence electrons. The van der Waals surface area contributed by atoms with E-state index in [1.165, 1.54) is 12.1 Å². The Balaban J connectivity index is 3.05. The van der Waals surface area contributed by atoms with E-state index in [9.17, 15) is 9.18 Å². The molecule has 1 aromatic carbocycles. The highest BCUT2D eigenvalue weighted by molar-refractivity contribution is 5.90. The average Bonchev–Trinajstić information content (AvgIpc) is 2.34. The number of carbonyl (C=O) groups excluding carboxylic acids is 1. The van der Waals surface area contributed by atoms with Crippen molar-refractivity contribution in [1.82, 2.24) is 0 Å². The highest BCUT2D eigenvalue weighted by atomic mass is 19.1. The molecule has 0 radical (unpaired) electrons. The molecule has 1 atom stereocenters. The standard InChI is InChI=1S/C14H16FNO/c1-3-10(4-2)14(17)12(9-16)11-7-5-6-8-13(11)15/h5-8,10,12H,3-4H2,1-2H3. The lowest BCUT2D eigenvalue weighted by atomic mass is 9.85. The lowest BCUT2D eigenvalue weighted by Crippen LogP contribution is -2.21. The summed E-state index contributed by atoms with van der Waals surface area (Å²) >= 11 is 0. The fourth-order valence-electron chi connectivity index (χ4n) is 1.92. The van der Waals surface area contributed by atoms with Crippen LogP contribution < -0.4 is 0 Å². The molecule has 0 aromatic heterocycles. The SMILES string of the molecule is CCC(CC)C(=O)C(C#N)c1ccccc1F. The predicted molar refractivity (Wildman–Crippen MR) is 63.8 cm³/mol. The number of rotatable bonds is 5. The molecule has 0 heterocycles. The van der Waals surface area contributed by atoms with E-state index in [0.29, 0.717) is 12.8 Å². The zero-order valence-corrected chi connectivity index (χ0v) is 10.1. The van der Waals surface area contributed by atoms with E-state index in [2.05, 4.69) is 0 Å². The number of carbonyl (C=O) groups is 1. The number of ketones is 1. The van der Waals surface area contributed by atoms with Gasteiger partial charge in [-0.25, -0.2) is 4.39 Å². The summed E-state index contributed by atoms with van der Waals surface area (Å²) in [4.78, 5) is 12.1. The van der Waals surface area contributed by atoms with Crippen LogP contribution >= 0.6 is 0 Å². The van der Waals surface area contributed by atoms with E-state index < -0.39 is 11.7 Å². The molecule has 0 aliphatic rings. The monoisotopic (exact) mass is 233 g/mol. The van der Waals surface area contributed by atoms with Crippen LogP contribution in [0.25, 0.3) is 0 Å². The van der Waals surface area contributed by atoms with Gasteiger partial charge in [0.2, 0.25) is 0 Å². The number of benzene rings is 1. The van der Waals surface area contributed by atoms with Gasteiger partial charge < -0.3 is 0 Å². The number of hydrogen-bond acceptors (Lipinski definition) is 2. The zero-order valence-electron chi connectivity index (χ0n) is 10.1. The van der Waals surface area contributed by atoms with Crippen LogP contribution in [0.15, 0.2) is 24.3 Å². The first-order chi connectivity index (χ1) is 8.15. The van der Waals surface area contributed by atoms with Crippen LogP contribution in [0.3, 0.4) is 0 Å². The van der Waals surface area contributed by atoms with Crippen LogP contribution in [0.5, 0.6) is 0 Å². The quantitative estimate of drug-likeness (QED) is 0.781. The Morgan fingerprint density at radius 2 is 1.94 bits per heavy atom. The maximum atomic E-state index is 13.6. The van der Waals surface area contributed by atoms with Crippen LogP contribution in [0, 0.1) is 23.1 Å². The van der Waals surface area contributed by atoms with Crippen molar-refractivity contribution in [2.75, 3.05) is 0 Å². The first-order valence-electron chi connectivity index (χ1n) is 5.83. The number of nitrogens with zero attached hydrogens (tertiary/aromatic N) is 1. The topological polar surface area (TPSA) is 40.9 Å². The number of Topliss-reactive ketones (excluding diaryl/α,β-unsaturated/α-hetero) is 1. The molecule has 0 saturated heterocycles. The Hall–Kier alpha value is -1.69. The van der Waals surface area contributed by atoms with E-state index in [4.69, 9.17) is 5.26 Å². The number of hydrogen-bond donors (Lipinski definition) is 0. The second-order valence-electron chi connectivity index (χ2n) is 4.00. The first kappa shape index (κ1) is 13.4. The van der Waals surface area contributed by atoms with Crippen molar-refractivity contribution >= 4 is 5.78 Å².